The third kappa shape index (κ3) is 3.36. The quantitative estimate of drug-likeness (QED) is 0.796. The van der Waals surface area contributed by atoms with Crippen molar-refractivity contribution in [2.45, 2.75) is 25.6 Å². The molecule has 1 atom stereocenters. The van der Waals surface area contributed by atoms with Gasteiger partial charge in [-0.05, 0) is 19.1 Å². The number of rotatable bonds is 2. The van der Waals surface area contributed by atoms with Crippen molar-refractivity contribution in [3.05, 3.63) is 21.9 Å². The van der Waals surface area contributed by atoms with E-state index in [4.69, 9.17) is 5.73 Å². The Kier molecular flexibility index (Phi) is 2.98. The van der Waals surface area contributed by atoms with Gasteiger partial charge in [0.2, 0.25) is 0 Å². The fourth-order valence-electron chi connectivity index (χ4n) is 1.00. The molecule has 0 saturated carbocycles. The van der Waals surface area contributed by atoms with Crippen molar-refractivity contribution >= 4 is 11.3 Å². The van der Waals surface area contributed by atoms with Gasteiger partial charge in [0, 0.05) is 15.8 Å². The smallest absolute Gasteiger partial charge is 0.323 e. The fraction of sp³-hybridized carbons (Fsp3) is 0.500. The third-order valence-electron chi connectivity index (χ3n) is 1.58. The number of aryl methyl sites for hydroxylation is 1. The Morgan fingerprint density at radius 3 is 2.46 bits per heavy atom. The predicted molar refractivity (Wildman–Crippen MR) is 46.7 cm³/mol. The molecule has 0 radical (unpaired) electrons. The molecule has 0 bridgehead atoms. The van der Waals surface area contributed by atoms with Crippen molar-refractivity contribution in [3.8, 4) is 0 Å². The van der Waals surface area contributed by atoms with E-state index < -0.39 is 18.6 Å². The van der Waals surface area contributed by atoms with Gasteiger partial charge in [-0.1, -0.05) is 0 Å². The zero-order valence-electron chi connectivity index (χ0n) is 7.06. The summed E-state index contributed by atoms with van der Waals surface area (Å²) in [6.45, 7) is 1.84. The lowest BCUT2D eigenvalue weighted by Crippen LogP contribution is -2.19. The molecule has 0 aliphatic rings. The minimum absolute atomic E-state index is 0.592. The van der Waals surface area contributed by atoms with E-state index in [9.17, 15) is 13.2 Å². The molecule has 0 fully saturated rings. The molecule has 5 heteroatoms. The molecular weight excluding hydrogens is 199 g/mol. The highest BCUT2D eigenvalue weighted by Crippen LogP contribution is 2.30. The van der Waals surface area contributed by atoms with Crippen LogP contribution in [-0.2, 0) is 0 Å². The number of hydrogen-bond acceptors (Lipinski definition) is 2. The molecule has 1 rings (SSSR count). The molecule has 0 amide bonds. The monoisotopic (exact) mass is 209 g/mol. The van der Waals surface area contributed by atoms with E-state index in [0.29, 0.717) is 4.88 Å². The van der Waals surface area contributed by atoms with Crippen LogP contribution in [0.5, 0.6) is 0 Å². The lowest BCUT2D eigenvalue weighted by atomic mass is 10.2. The first kappa shape index (κ1) is 10.5. The molecule has 74 valence electrons. The molecule has 0 aromatic carbocycles. The van der Waals surface area contributed by atoms with Crippen molar-refractivity contribution in [1.29, 1.82) is 0 Å². The van der Waals surface area contributed by atoms with Gasteiger partial charge in [-0.25, -0.2) is 0 Å². The van der Waals surface area contributed by atoms with E-state index >= 15 is 0 Å². The summed E-state index contributed by atoms with van der Waals surface area (Å²) in [6.07, 6.45) is -5.13. The van der Waals surface area contributed by atoms with Crippen LogP contribution in [0.2, 0.25) is 0 Å². The van der Waals surface area contributed by atoms with Crippen molar-refractivity contribution in [1.82, 2.24) is 0 Å². The van der Waals surface area contributed by atoms with Gasteiger partial charge in [0.15, 0.2) is 0 Å². The first-order chi connectivity index (χ1) is 5.88. The summed E-state index contributed by atoms with van der Waals surface area (Å²) in [4.78, 5) is 1.57. The second kappa shape index (κ2) is 3.67. The van der Waals surface area contributed by atoms with Gasteiger partial charge < -0.3 is 5.73 Å². The molecule has 0 unspecified atom stereocenters. The van der Waals surface area contributed by atoms with Crippen LogP contribution in [0.4, 0.5) is 13.2 Å². The summed E-state index contributed by atoms with van der Waals surface area (Å²) in [5.41, 5.74) is 5.38. The Morgan fingerprint density at radius 2 is 2.08 bits per heavy atom. The molecule has 0 spiro atoms. The molecule has 1 nitrogen and oxygen atoms in total. The number of halogens is 3. The van der Waals surface area contributed by atoms with Gasteiger partial charge in [0.1, 0.15) is 0 Å². The number of thiophene rings is 1. The van der Waals surface area contributed by atoms with Crippen LogP contribution in [0, 0.1) is 6.92 Å². The molecule has 2 N–H and O–H groups in total. The fourth-order valence-corrected chi connectivity index (χ4v) is 1.88. The minimum Gasteiger partial charge on any atom is -0.323 e. The number of nitrogens with two attached hydrogens (primary N) is 1. The van der Waals surface area contributed by atoms with E-state index in [1.165, 1.54) is 11.3 Å². The Bertz CT molecular complexity index is 279. The predicted octanol–water partition coefficient (Wildman–Crippen LogP) is 3.01. The average molecular weight is 209 g/mol. The standard InChI is InChI=1S/C8H10F3NS/c1-5-2-3-7(13-5)6(12)4-8(9,10)11/h2-3,6H,4,12H2,1H3/t6-/m1/s1. The summed E-state index contributed by atoms with van der Waals surface area (Å²) < 4.78 is 35.8. The Hall–Kier alpha value is -0.550. The van der Waals surface area contributed by atoms with Crippen LogP contribution in [0.15, 0.2) is 12.1 Å². The van der Waals surface area contributed by atoms with Gasteiger partial charge in [-0.2, -0.15) is 13.2 Å². The summed E-state index contributed by atoms with van der Waals surface area (Å²) in [5.74, 6) is 0. The van der Waals surface area contributed by atoms with E-state index in [0.717, 1.165) is 4.88 Å². The Balaban J connectivity index is 2.64. The van der Waals surface area contributed by atoms with Crippen molar-refractivity contribution in [3.63, 3.8) is 0 Å². The topological polar surface area (TPSA) is 26.0 Å². The molecule has 13 heavy (non-hydrogen) atoms. The van der Waals surface area contributed by atoms with Gasteiger partial charge >= 0.3 is 6.18 Å². The third-order valence-corrected chi connectivity index (χ3v) is 2.71. The van der Waals surface area contributed by atoms with Crippen molar-refractivity contribution in [2.75, 3.05) is 0 Å². The van der Waals surface area contributed by atoms with Crippen LogP contribution in [0.25, 0.3) is 0 Å². The largest absolute Gasteiger partial charge is 0.390 e. The van der Waals surface area contributed by atoms with Gasteiger partial charge in [0.25, 0.3) is 0 Å². The van der Waals surface area contributed by atoms with Gasteiger partial charge in [-0.3, -0.25) is 0 Å². The van der Waals surface area contributed by atoms with Crippen LogP contribution >= 0.6 is 11.3 Å². The van der Waals surface area contributed by atoms with Crippen LogP contribution in [0.3, 0.4) is 0 Å². The van der Waals surface area contributed by atoms with Crippen LogP contribution in [0.1, 0.15) is 22.2 Å². The normalized spacial score (nSPS) is 14.5. The molecule has 1 aromatic heterocycles. The molecule has 0 aliphatic heterocycles. The van der Waals surface area contributed by atoms with Crippen molar-refractivity contribution < 1.29 is 13.2 Å². The average Bonchev–Trinajstić information content (AvgIpc) is 2.31. The van der Waals surface area contributed by atoms with Crippen LogP contribution in [-0.4, -0.2) is 6.18 Å². The highest BCUT2D eigenvalue weighted by Gasteiger charge is 2.31. The second-order valence-electron chi connectivity index (χ2n) is 2.87. The molecule has 0 saturated heterocycles. The van der Waals surface area contributed by atoms with Crippen molar-refractivity contribution in [2.24, 2.45) is 5.73 Å². The summed E-state index contributed by atoms with van der Waals surface area (Å²) in [7, 11) is 0. The Labute approximate surface area is 78.4 Å². The first-order valence-corrected chi connectivity index (χ1v) is 4.59. The second-order valence-corrected chi connectivity index (χ2v) is 4.19. The highest BCUT2D eigenvalue weighted by atomic mass is 32.1. The van der Waals surface area contributed by atoms with E-state index in [1.54, 1.807) is 12.1 Å². The van der Waals surface area contributed by atoms with Gasteiger partial charge in [0.05, 0.1) is 6.42 Å². The maximum absolute atomic E-state index is 11.9. The molecule has 0 aliphatic carbocycles. The maximum Gasteiger partial charge on any atom is 0.390 e. The lowest BCUT2D eigenvalue weighted by Gasteiger charge is -2.11. The summed E-state index contributed by atoms with van der Waals surface area (Å²) in [6, 6.07) is 2.51. The Morgan fingerprint density at radius 1 is 1.46 bits per heavy atom. The minimum atomic E-state index is -4.18. The highest BCUT2D eigenvalue weighted by molar-refractivity contribution is 7.12. The SMILES string of the molecule is Cc1ccc([C@H](N)CC(F)(F)F)s1. The summed E-state index contributed by atoms with van der Waals surface area (Å²) in [5, 5.41) is 0. The zero-order valence-corrected chi connectivity index (χ0v) is 7.88. The van der Waals surface area contributed by atoms with Crippen LogP contribution < -0.4 is 5.73 Å². The maximum atomic E-state index is 11.9. The lowest BCUT2D eigenvalue weighted by molar-refractivity contribution is -0.138. The zero-order chi connectivity index (χ0) is 10.1. The van der Waals surface area contributed by atoms with E-state index in [2.05, 4.69) is 0 Å². The molecule has 1 heterocycles. The van der Waals surface area contributed by atoms with E-state index in [-0.39, 0.29) is 0 Å². The van der Waals surface area contributed by atoms with E-state index in [1.807, 2.05) is 6.92 Å². The van der Waals surface area contributed by atoms with Gasteiger partial charge in [-0.15, -0.1) is 11.3 Å². The number of alkyl halides is 3. The number of hydrogen-bond donors (Lipinski definition) is 1. The summed E-state index contributed by atoms with van der Waals surface area (Å²) >= 11 is 1.31. The molecule has 1 aromatic rings. The molecular formula is C8H10F3NS. The first-order valence-electron chi connectivity index (χ1n) is 3.77.